The summed E-state index contributed by atoms with van der Waals surface area (Å²) in [4.78, 5) is 23.4. The van der Waals surface area contributed by atoms with Gasteiger partial charge in [0, 0.05) is 19.5 Å². The van der Waals surface area contributed by atoms with Crippen molar-refractivity contribution in [1.29, 1.82) is 0 Å². The summed E-state index contributed by atoms with van der Waals surface area (Å²) < 4.78 is 0. The molecule has 0 saturated carbocycles. The Kier molecular flexibility index (Phi) is 8.35. The number of aliphatic carboxylic acids is 1. The average Bonchev–Trinajstić information content (AvgIpc) is 2.21. The van der Waals surface area contributed by atoms with Gasteiger partial charge in [-0.2, -0.15) is 0 Å². The van der Waals surface area contributed by atoms with Crippen LogP contribution in [-0.4, -0.2) is 59.8 Å². The normalized spacial score (nSPS) is 12.5. The molecule has 6 heteroatoms. The number of carboxylic acids is 1. The summed E-state index contributed by atoms with van der Waals surface area (Å²) in [6, 6.07) is 0. The number of aliphatic hydroxyl groups is 1. The first-order valence-corrected chi connectivity index (χ1v) is 5.77. The van der Waals surface area contributed by atoms with E-state index in [0.717, 1.165) is 0 Å². The lowest BCUT2D eigenvalue weighted by atomic mass is 10.3. The Labute approximate surface area is 102 Å². The SMILES string of the molecule is CC(O)CCN(C)CC(=O)NCCCC(=O)O. The van der Waals surface area contributed by atoms with Crippen LogP contribution < -0.4 is 5.32 Å². The van der Waals surface area contributed by atoms with Crippen molar-refractivity contribution in [3.8, 4) is 0 Å². The quantitative estimate of drug-likeness (QED) is 0.485. The molecule has 6 nitrogen and oxygen atoms in total. The Balaban J connectivity index is 3.53. The molecule has 0 fully saturated rings. The minimum atomic E-state index is -0.853. The molecule has 1 atom stereocenters. The maximum Gasteiger partial charge on any atom is 0.303 e. The summed E-state index contributed by atoms with van der Waals surface area (Å²) in [6.45, 7) is 3.01. The maximum absolute atomic E-state index is 11.4. The molecule has 0 aromatic heterocycles. The first-order valence-electron chi connectivity index (χ1n) is 5.77. The molecule has 0 saturated heterocycles. The Morgan fingerprint density at radius 3 is 2.59 bits per heavy atom. The van der Waals surface area contributed by atoms with Gasteiger partial charge in [-0.3, -0.25) is 14.5 Å². The number of rotatable bonds is 9. The van der Waals surface area contributed by atoms with Gasteiger partial charge in [0.1, 0.15) is 0 Å². The Morgan fingerprint density at radius 2 is 2.06 bits per heavy atom. The fraction of sp³-hybridized carbons (Fsp3) is 0.818. The Morgan fingerprint density at radius 1 is 1.41 bits per heavy atom. The van der Waals surface area contributed by atoms with E-state index in [2.05, 4.69) is 5.32 Å². The molecule has 0 bridgehead atoms. The summed E-state index contributed by atoms with van der Waals surface area (Å²) in [5.41, 5.74) is 0. The molecule has 17 heavy (non-hydrogen) atoms. The third-order valence-electron chi connectivity index (χ3n) is 2.23. The third-order valence-corrected chi connectivity index (χ3v) is 2.23. The standard InChI is InChI=1S/C11H22N2O4/c1-9(14)5-7-13(2)8-10(15)12-6-3-4-11(16)17/h9,14H,3-8H2,1-2H3,(H,12,15)(H,16,17). The predicted octanol–water partition coefficient (Wildman–Crippen LogP) is -0.330. The van der Waals surface area contributed by atoms with Crippen LogP contribution in [0.25, 0.3) is 0 Å². The molecule has 0 aliphatic rings. The lowest BCUT2D eigenvalue weighted by Gasteiger charge is -2.16. The number of amides is 1. The van der Waals surface area contributed by atoms with Gasteiger partial charge in [0.05, 0.1) is 12.6 Å². The molecule has 0 rings (SSSR count). The van der Waals surface area contributed by atoms with E-state index >= 15 is 0 Å². The molecule has 0 aliphatic carbocycles. The molecular weight excluding hydrogens is 224 g/mol. The zero-order valence-corrected chi connectivity index (χ0v) is 10.5. The van der Waals surface area contributed by atoms with Crippen molar-refractivity contribution < 1.29 is 19.8 Å². The molecule has 1 unspecified atom stereocenters. The van der Waals surface area contributed by atoms with Crippen LogP contribution in [0.2, 0.25) is 0 Å². The van der Waals surface area contributed by atoms with Gasteiger partial charge in [0.2, 0.25) is 5.91 Å². The van der Waals surface area contributed by atoms with Crippen LogP contribution in [0.5, 0.6) is 0 Å². The minimum absolute atomic E-state index is 0.0676. The van der Waals surface area contributed by atoms with E-state index in [0.29, 0.717) is 25.9 Å². The first-order chi connectivity index (χ1) is 7.91. The van der Waals surface area contributed by atoms with Crippen LogP contribution >= 0.6 is 0 Å². The van der Waals surface area contributed by atoms with Gasteiger partial charge in [-0.05, 0) is 26.8 Å². The molecule has 3 N–H and O–H groups in total. The summed E-state index contributed by atoms with van der Waals surface area (Å²) in [5.74, 6) is -0.975. The van der Waals surface area contributed by atoms with Gasteiger partial charge in [-0.15, -0.1) is 0 Å². The van der Waals surface area contributed by atoms with Crippen molar-refractivity contribution in [3.63, 3.8) is 0 Å². The van der Waals surface area contributed by atoms with E-state index < -0.39 is 5.97 Å². The Bertz CT molecular complexity index is 244. The molecule has 0 aromatic carbocycles. The fourth-order valence-corrected chi connectivity index (χ4v) is 1.25. The van der Waals surface area contributed by atoms with Crippen molar-refractivity contribution in [3.05, 3.63) is 0 Å². The lowest BCUT2D eigenvalue weighted by molar-refractivity contribution is -0.137. The molecule has 100 valence electrons. The second-order valence-electron chi connectivity index (χ2n) is 4.22. The lowest BCUT2D eigenvalue weighted by Crippen LogP contribution is -2.36. The number of hydrogen-bond donors (Lipinski definition) is 3. The molecule has 0 aromatic rings. The van der Waals surface area contributed by atoms with E-state index in [9.17, 15) is 9.59 Å². The highest BCUT2D eigenvalue weighted by Crippen LogP contribution is 1.93. The highest BCUT2D eigenvalue weighted by Gasteiger charge is 2.07. The van der Waals surface area contributed by atoms with Gasteiger partial charge >= 0.3 is 5.97 Å². The fourth-order valence-electron chi connectivity index (χ4n) is 1.25. The highest BCUT2D eigenvalue weighted by molar-refractivity contribution is 5.78. The second kappa shape index (κ2) is 8.95. The number of hydrogen-bond acceptors (Lipinski definition) is 4. The van der Waals surface area contributed by atoms with Crippen molar-refractivity contribution in [2.24, 2.45) is 0 Å². The summed E-state index contributed by atoms with van der Waals surface area (Å²) >= 11 is 0. The maximum atomic E-state index is 11.4. The van der Waals surface area contributed by atoms with Crippen LogP contribution in [0.3, 0.4) is 0 Å². The highest BCUT2D eigenvalue weighted by atomic mass is 16.4. The van der Waals surface area contributed by atoms with Crippen molar-refractivity contribution in [2.75, 3.05) is 26.7 Å². The number of nitrogens with zero attached hydrogens (tertiary/aromatic N) is 1. The van der Waals surface area contributed by atoms with E-state index in [1.165, 1.54) is 0 Å². The number of likely N-dealkylation sites (N-methyl/N-ethyl adjacent to an activating group) is 1. The average molecular weight is 246 g/mol. The van der Waals surface area contributed by atoms with Gasteiger partial charge in [-0.25, -0.2) is 0 Å². The van der Waals surface area contributed by atoms with Gasteiger partial charge in [0.25, 0.3) is 0 Å². The van der Waals surface area contributed by atoms with Gasteiger partial charge in [0.15, 0.2) is 0 Å². The van der Waals surface area contributed by atoms with E-state index in [1.807, 2.05) is 4.90 Å². The first kappa shape index (κ1) is 15.9. The minimum Gasteiger partial charge on any atom is -0.481 e. The summed E-state index contributed by atoms with van der Waals surface area (Å²) in [7, 11) is 1.80. The van der Waals surface area contributed by atoms with Crippen LogP contribution in [-0.2, 0) is 9.59 Å². The zero-order valence-electron chi connectivity index (χ0n) is 10.5. The number of carbonyl (C=O) groups excluding carboxylic acids is 1. The predicted molar refractivity (Wildman–Crippen MR) is 63.7 cm³/mol. The Hall–Kier alpha value is -1.14. The topological polar surface area (TPSA) is 89.9 Å². The number of carboxylic acid groups (broad SMARTS) is 1. The smallest absolute Gasteiger partial charge is 0.303 e. The second-order valence-corrected chi connectivity index (χ2v) is 4.22. The van der Waals surface area contributed by atoms with E-state index in [-0.39, 0.29) is 25.0 Å². The monoisotopic (exact) mass is 246 g/mol. The van der Waals surface area contributed by atoms with E-state index in [1.54, 1.807) is 14.0 Å². The molecule has 0 heterocycles. The molecular formula is C11H22N2O4. The van der Waals surface area contributed by atoms with Crippen molar-refractivity contribution >= 4 is 11.9 Å². The number of carbonyl (C=O) groups is 2. The molecule has 0 radical (unpaired) electrons. The van der Waals surface area contributed by atoms with Crippen LogP contribution in [0.1, 0.15) is 26.2 Å². The van der Waals surface area contributed by atoms with Crippen LogP contribution in [0, 0.1) is 0 Å². The number of aliphatic hydroxyl groups excluding tert-OH is 1. The summed E-state index contributed by atoms with van der Waals surface area (Å²) in [5, 5.41) is 20.1. The van der Waals surface area contributed by atoms with Gasteiger partial charge < -0.3 is 15.5 Å². The third kappa shape index (κ3) is 11.1. The molecule has 0 aliphatic heterocycles. The number of nitrogens with one attached hydrogen (secondary N) is 1. The van der Waals surface area contributed by atoms with Crippen LogP contribution in [0.4, 0.5) is 0 Å². The van der Waals surface area contributed by atoms with Crippen molar-refractivity contribution in [1.82, 2.24) is 10.2 Å². The molecule has 0 spiro atoms. The zero-order chi connectivity index (χ0) is 13.3. The summed E-state index contributed by atoms with van der Waals surface area (Å²) in [6.07, 6.45) is 0.774. The van der Waals surface area contributed by atoms with Gasteiger partial charge in [-0.1, -0.05) is 0 Å². The largest absolute Gasteiger partial charge is 0.481 e. The van der Waals surface area contributed by atoms with Crippen LogP contribution in [0.15, 0.2) is 0 Å². The van der Waals surface area contributed by atoms with E-state index in [4.69, 9.17) is 10.2 Å². The van der Waals surface area contributed by atoms with Crippen molar-refractivity contribution in [2.45, 2.75) is 32.3 Å². The molecule has 1 amide bonds.